The minimum atomic E-state index is 0.676. The van der Waals surface area contributed by atoms with Gasteiger partial charge in [0, 0.05) is 35.7 Å². The summed E-state index contributed by atoms with van der Waals surface area (Å²) in [6.07, 6.45) is 5.19. The van der Waals surface area contributed by atoms with Crippen molar-refractivity contribution in [2.24, 2.45) is 0 Å². The molecule has 0 fully saturated rings. The van der Waals surface area contributed by atoms with Gasteiger partial charge in [0.2, 0.25) is 0 Å². The van der Waals surface area contributed by atoms with Crippen molar-refractivity contribution < 1.29 is 4.42 Å². The van der Waals surface area contributed by atoms with E-state index in [0.717, 1.165) is 36.1 Å². The quantitative estimate of drug-likeness (QED) is 0.482. The average Bonchev–Trinajstić information content (AvgIpc) is 3.38. The van der Waals surface area contributed by atoms with Crippen LogP contribution in [-0.4, -0.2) is 19.9 Å². The van der Waals surface area contributed by atoms with Crippen molar-refractivity contribution in [3.63, 3.8) is 0 Å². The van der Waals surface area contributed by atoms with E-state index in [1.807, 2.05) is 18.2 Å². The van der Waals surface area contributed by atoms with Gasteiger partial charge in [-0.3, -0.25) is 4.90 Å². The molecule has 0 unspecified atom stereocenters. The Hall–Kier alpha value is -2.35. The molecule has 0 atom stereocenters. The molecule has 0 N–H and O–H groups in total. The lowest BCUT2D eigenvalue weighted by molar-refractivity contribution is 0.226. The van der Waals surface area contributed by atoms with Crippen LogP contribution in [0.2, 0.25) is 0 Å². The van der Waals surface area contributed by atoms with E-state index in [1.54, 1.807) is 41.3 Å². The molecule has 4 aromatic heterocycles. The molecular formula is C18H16N4OS2. The van der Waals surface area contributed by atoms with Gasteiger partial charge < -0.3 is 4.42 Å². The van der Waals surface area contributed by atoms with Crippen molar-refractivity contribution in [2.45, 2.75) is 19.6 Å². The summed E-state index contributed by atoms with van der Waals surface area (Å²) >= 11 is 3.34. The summed E-state index contributed by atoms with van der Waals surface area (Å²) in [6, 6.07) is 9.98. The van der Waals surface area contributed by atoms with Crippen LogP contribution >= 0.6 is 22.7 Å². The minimum Gasteiger partial charge on any atom is -0.468 e. The molecule has 4 aromatic rings. The minimum absolute atomic E-state index is 0.676. The Labute approximate surface area is 153 Å². The fraction of sp³-hybridized carbons (Fsp3) is 0.167. The zero-order chi connectivity index (χ0) is 16.9. The number of hydrogen-bond donors (Lipinski definition) is 0. The van der Waals surface area contributed by atoms with Gasteiger partial charge in [-0.1, -0.05) is 6.07 Å². The Morgan fingerprint density at radius 2 is 1.88 bits per heavy atom. The second-order valence-corrected chi connectivity index (χ2v) is 7.41. The number of rotatable bonds is 7. The summed E-state index contributed by atoms with van der Waals surface area (Å²) < 4.78 is 5.52. The van der Waals surface area contributed by atoms with E-state index in [2.05, 4.69) is 37.8 Å². The third kappa shape index (κ3) is 4.19. The van der Waals surface area contributed by atoms with Crippen LogP contribution in [0, 0.1) is 0 Å². The fourth-order valence-electron chi connectivity index (χ4n) is 2.53. The van der Waals surface area contributed by atoms with Gasteiger partial charge in [-0.25, -0.2) is 15.0 Å². The molecule has 5 nitrogen and oxygen atoms in total. The number of nitrogens with zero attached hydrogens (tertiary/aromatic N) is 4. The summed E-state index contributed by atoms with van der Waals surface area (Å²) in [4.78, 5) is 16.9. The van der Waals surface area contributed by atoms with E-state index in [0.29, 0.717) is 5.82 Å². The molecule has 0 aliphatic carbocycles. The maximum atomic E-state index is 5.52. The predicted octanol–water partition coefficient (Wildman–Crippen LogP) is 4.46. The van der Waals surface area contributed by atoms with E-state index in [4.69, 9.17) is 9.40 Å². The molecule has 0 amide bonds. The maximum Gasteiger partial charge on any atom is 0.188 e. The topological polar surface area (TPSA) is 55.1 Å². The molecule has 0 aliphatic rings. The lowest BCUT2D eigenvalue weighted by Crippen LogP contribution is -2.21. The summed E-state index contributed by atoms with van der Waals surface area (Å²) in [7, 11) is 0. The summed E-state index contributed by atoms with van der Waals surface area (Å²) in [5, 5.41) is 5.04. The van der Waals surface area contributed by atoms with Gasteiger partial charge >= 0.3 is 0 Å². The van der Waals surface area contributed by atoms with Crippen LogP contribution in [0.3, 0.4) is 0 Å². The zero-order valence-electron chi connectivity index (χ0n) is 13.4. The van der Waals surface area contributed by atoms with Crippen LogP contribution in [0.1, 0.15) is 16.3 Å². The smallest absolute Gasteiger partial charge is 0.188 e. The Bertz CT molecular complexity index is 852. The molecule has 4 rings (SSSR count). The predicted molar refractivity (Wildman–Crippen MR) is 99.1 cm³/mol. The second-order valence-electron chi connectivity index (χ2n) is 5.52. The molecule has 0 bridgehead atoms. The lowest BCUT2D eigenvalue weighted by Gasteiger charge is -2.19. The normalized spacial score (nSPS) is 11.2. The van der Waals surface area contributed by atoms with Gasteiger partial charge in [0.05, 0.1) is 18.5 Å². The third-order valence-corrected chi connectivity index (χ3v) is 5.36. The first kappa shape index (κ1) is 16.1. The van der Waals surface area contributed by atoms with Crippen LogP contribution in [0.5, 0.6) is 0 Å². The highest BCUT2D eigenvalue weighted by atomic mass is 32.1. The standard InChI is InChI=1S/C18H16N4OS2/c1-4-15(23-8-1)11-22(12-16-5-2-9-24-16)10-14-13-25-18(21-14)17-19-6-3-7-20-17/h1-9,13H,10-12H2. The van der Waals surface area contributed by atoms with Gasteiger partial charge in [-0.05, 0) is 29.6 Å². The summed E-state index contributed by atoms with van der Waals surface area (Å²) in [5.41, 5.74) is 1.02. The average molecular weight is 368 g/mol. The van der Waals surface area contributed by atoms with Gasteiger partial charge in [0.25, 0.3) is 0 Å². The van der Waals surface area contributed by atoms with Gasteiger partial charge in [0.1, 0.15) is 5.76 Å². The first-order valence-corrected chi connectivity index (χ1v) is 9.61. The Kier molecular flexibility index (Phi) is 4.96. The van der Waals surface area contributed by atoms with Crippen molar-refractivity contribution in [3.05, 3.63) is 76.1 Å². The first-order chi connectivity index (χ1) is 12.4. The summed E-state index contributed by atoms with van der Waals surface area (Å²) in [6.45, 7) is 2.37. The number of aromatic nitrogens is 3. The van der Waals surface area contributed by atoms with E-state index < -0.39 is 0 Å². The van der Waals surface area contributed by atoms with Crippen molar-refractivity contribution in [2.75, 3.05) is 0 Å². The molecular weight excluding hydrogens is 352 g/mol. The molecule has 0 spiro atoms. The van der Waals surface area contributed by atoms with Crippen LogP contribution in [0.15, 0.2) is 64.2 Å². The highest BCUT2D eigenvalue weighted by Gasteiger charge is 2.14. The van der Waals surface area contributed by atoms with Crippen LogP contribution in [-0.2, 0) is 19.6 Å². The molecule has 7 heteroatoms. The molecule has 0 radical (unpaired) electrons. The zero-order valence-corrected chi connectivity index (χ0v) is 15.0. The highest BCUT2D eigenvalue weighted by Crippen LogP contribution is 2.22. The van der Waals surface area contributed by atoms with E-state index in [-0.39, 0.29) is 0 Å². The number of furan rings is 1. The van der Waals surface area contributed by atoms with Gasteiger partial charge in [-0.2, -0.15) is 0 Å². The van der Waals surface area contributed by atoms with E-state index in [1.165, 1.54) is 4.88 Å². The highest BCUT2D eigenvalue weighted by molar-refractivity contribution is 7.13. The fourth-order valence-corrected chi connectivity index (χ4v) is 4.04. The SMILES string of the molecule is c1cnc(-c2nc(CN(Cc3ccco3)Cc3cccs3)cs2)nc1. The number of hydrogen-bond acceptors (Lipinski definition) is 7. The van der Waals surface area contributed by atoms with Gasteiger partial charge in [0.15, 0.2) is 10.8 Å². The molecule has 0 aromatic carbocycles. The van der Waals surface area contributed by atoms with Crippen molar-refractivity contribution in [3.8, 4) is 10.8 Å². The Morgan fingerprint density at radius 3 is 2.64 bits per heavy atom. The van der Waals surface area contributed by atoms with Crippen LogP contribution < -0.4 is 0 Å². The molecule has 0 aliphatic heterocycles. The maximum absolute atomic E-state index is 5.52. The van der Waals surface area contributed by atoms with Crippen LogP contribution in [0.4, 0.5) is 0 Å². The van der Waals surface area contributed by atoms with E-state index >= 15 is 0 Å². The molecule has 126 valence electrons. The molecule has 0 saturated carbocycles. The Morgan fingerprint density at radius 1 is 0.960 bits per heavy atom. The van der Waals surface area contributed by atoms with Crippen molar-refractivity contribution >= 4 is 22.7 Å². The summed E-state index contributed by atoms with van der Waals surface area (Å²) in [5.74, 6) is 1.63. The molecule has 4 heterocycles. The first-order valence-electron chi connectivity index (χ1n) is 7.86. The largest absolute Gasteiger partial charge is 0.468 e. The lowest BCUT2D eigenvalue weighted by atomic mass is 10.3. The molecule has 0 saturated heterocycles. The monoisotopic (exact) mass is 368 g/mol. The Balaban J connectivity index is 1.50. The third-order valence-electron chi connectivity index (χ3n) is 3.61. The van der Waals surface area contributed by atoms with Crippen molar-refractivity contribution in [1.82, 2.24) is 19.9 Å². The van der Waals surface area contributed by atoms with E-state index in [9.17, 15) is 0 Å². The number of thiazole rings is 1. The second kappa shape index (κ2) is 7.69. The van der Waals surface area contributed by atoms with Gasteiger partial charge in [-0.15, -0.1) is 22.7 Å². The van der Waals surface area contributed by atoms with Crippen LogP contribution in [0.25, 0.3) is 10.8 Å². The van der Waals surface area contributed by atoms with Crippen molar-refractivity contribution in [1.29, 1.82) is 0 Å². The molecule has 25 heavy (non-hydrogen) atoms. The number of thiophene rings is 1.